The topological polar surface area (TPSA) is 117 Å². The van der Waals surface area contributed by atoms with Crippen molar-refractivity contribution < 1.29 is 32.7 Å². The molecule has 1 aliphatic rings. The highest BCUT2D eigenvalue weighted by molar-refractivity contribution is 6.38. The quantitative estimate of drug-likeness (QED) is 0.600. The molecule has 1 heterocycles. The second-order valence-corrected chi connectivity index (χ2v) is 7.57. The van der Waals surface area contributed by atoms with Crippen molar-refractivity contribution >= 4 is 40.8 Å². The molecule has 1 aliphatic heterocycles. The van der Waals surface area contributed by atoms with Gasteiger partial charge in [0, 0.05) is 24.6 Å². The SMILES string of the molecule is Cc1ccc(C)c(N2N=C(C(=O)OCC(=O)NCC(=O)Nc3ccc(F)c(F)c3)CCC2=O)c1. The van der Waals surface area contributed by atoms with Gasteiger partial charge in [-0.15, -0.1) is 0 Å². The summed E-state index contributed by atoms with van der Waals surface area (Å²) < 4.78 is 31.1. The molecule has 3 rings (SSSR count). The van der Waals surface area contributed by atoms with Crippen LogP contribution in [-0.2, 0) is 23.9 Å². The molecule has 11 heteroatoms. The number of carbonyl (C=O) groups is 4. The Bertz CT molecular complexity index is 1180. The van der Waals surface area contributed by atoms with Gasteiger partial charge in [0.15, 0.2) is 18.2 Å². The maximum absolute atomic E-state index is 13.2. The highest BCUT2D eigenvalue weighted by atomic mass is 19.2. The molecule has 0 aliphatic carbocycles. The fourth-order valence-electron chi connectivity index (χ4n) is 3.06. The predicted molar refractivity (Wildman–Crippen MR) is 119 cm³/mol. The van der Waals surface area contributed by atoms with Crippen LogP contribution in [0.2, 0.25) is 0 Å². The van der Waals surface area contributed by atoms with Crippen LogP contribution in [-0.4, -0.2) is 42.6 Å². The second-order valence-electron chi connectivity index (χ2n) is 7.57. The van der Waals surface area contributed by atoms with E-state index in [0.717, 1.165) is 34.3 Å². The molecule has 178 valence electrons. The highest BCUT2D eigenvalue weighted by Crippen LogP contribution is 2.25. The van der Waals surface area contributed by atoms with Crippen LogP contribution in [0.5, 0.6) is 0 Å². The number of nitrogens with one attached hydrogen (secondary N) is 2. The van der Waals surface area contributed by atoms with Crippen LogP contribution in [0, 0.1) is 25.5 Å². The monoisotopic (exact) mass is 472 g/mol. The zero-order valence-corrected chi connectivity index (χ0v) is 18.5. The van der Waals surface area contributed by atoms with E-state index < -0.39 is 42.6 Å². The Morgan fingerprint density at radius 3 is 2.53 bits per heavy atom. The summed E-state index contributed by atoms with van der Waals surface area (Å²) in [6.07, 6.45) is 0.120. The predicted octanol–water partition coefficient (Wildman–Crippen LogP) is 2.36. The third-order valence-electron chi connectivity index (χ3n) is 4.84. The molecule has 0 bridgehead atoms. The van der Waals surface area contributed by atoms with Crippen LogP contribution in [0.3, 0.4) is 0 Å². The first-order valence-electron chi connectivity index (χ1n) is 10.3. The van der Waals surface area contributed by atoms with Crippen molar-refractivity contribution in [2.75, 3.05) is 23.5 Å². The van der Waals surface area contributed by atoms with Gasteiger partial charge in [0.2, 0.25) is 11.8 Å². The van der Waals surface area contributed by atoms with E-state index in [-0.39, 0.29) is 30.1 Å². The van der Waals surface area contributed by atoms with Gasteiger partial charge >= 0.3 is 5.97 Å². The molecule has 2 N–H and O–H groups in total. The number of halogens is 2. The number of esters is 1. The van der Waals surface area contributed by atoms with E-state index in [9.17, 15) is 28.0 Å². The van der Waals surface area contributed by atoms with Crippen molar-refractivity contribution in [1.29, 1.82) is 0 Å². The van der Waals surface area contributed by atoms with Gasteiger partial charge in [0.25, 0.3) is 5.91 Å². The number of ether oxygens (including phenoxy) is 1. The Morgan fingerprint density at radius 1 is 1.03 bits per heavy atom. The lowest BCUT2D eigenvalue weighted by molar-refractivity contribution is -0.142. The number of rotatable bonds is 7. The molecule has 0 atom stereocenters. The fraction of sp³-hybridized carbons (Fsp3) is 0.261. The van der Waals surface area contributed by atoms with E-state index in [4.69, 9.17) is 4.74 Å². The average Bonchev–Trinajstić information content (AvgIpc) is 2.80. The summed E-state index contributed by atoms with van der Waals surface area (Å²) in [4.78, 5) is 48.5. The van der Waals surface area contributed by atoms with E-state index in [0.29, 0.717) is 5.69 Å². The largest absolute Gasteiger partial charge is 0.451 e. The lowest BCUT2D eigenvalue weighted by Gasteiger charge is -2.24. The first kappa shape index (κ1) is 24.5. The number of nitrogens with zero attached hydrogens (tertiary/aromatic N) is 2. The van der Waals surface area contributed by atoms with Gasteiger partial charge in [-0.2, -0.15) is 10.1 Å². The normalized spacial score (nSPS) is 13.2. The van der Waals surface area contributed by atoms with Gasteiger partial charge < -0.3 is 15.4 Å². The highest BCUT2D eigenvalue weighted by Gasteiger charge is 2.27. The van der Waals surface area contributed by atoms with Gasteiger partial charge in [-0.1, -0.05) is 12.1 Å². The number of benzene rings is 2. The standard InChI is InChI=1S/C23H22F2N4O5/c1-13-3-4-14(2)19(9-13)29-22(32)8-7-18(28-29)23(33)34-12-21(31)26-11-20(30)27-15-5-6-16(24)17(25)10-15/h3-6,9-10H,7-8,11-12H2,1-2H3,(H,26,31)(H,27,30). The fourth-order valence-corrected chi connectivity index (χ4v) is 3.06. The van der Waals surface area contributed by atoms with Gasteiger partial charge in [-0.3, -0.25) is 14.4 Å². The van der Waals surface area contributed by atoms with Gasteiger partial charge in [-0.25, -0.2) is 13.6 Å². The first-order chi connectivity index (χ1) is 16.1. The number of amides is 3. The Balaban J connectivity index is 1.51. The number of carbonyl (C=O) groups excluding carboxylic acids is 4. The molecular weight excluding hydrogens is 450 g/mol. The number of anilines is 2. The van der Waals surface area contributed by atoms with E-state index >= 15 is 0 Å². The van der Waals surface area contributed by atoms with E-state index in [2.05, 4.69) is 15.7 Å². The van der Waals surface area contributed by atoms with Crippen LogP contribution in [0.25, 0.3) is 0 Å². The van der Waals surface area contributed by atoms with Crippen LogP contribution in [0.1, 0.15) is 24.0 Å². The summed E-state index contributed by atoms with van der Waals surface area (Å²) in [6, 6.07) is 8.33. The van der Waals surface area contributed by atoms with Crippen molar-refractivity contribution in [2.45, 2.75) is 26.7 Å². The molecule has 34 heavy (non-hydrogen) atoms. The summed E-state index contributed by atoms with van der Waals surface area (Å²) in [6.45, 7) is 2.53. The Kier molecular flexibility index (Phi) is 7.67. The smallest absolute Gasteiger partial charge is 0.355 e. The minimum atomic E-state index is -1.13. The summed E-state index contributed by atoms with van der Waals surface area (Å²) in [5.74, 6) is -4.76. The maximum atomic E-state index is 13.2. The molecule has 2 aromatic carbocycles. The molecule has 0 radical (unpaired) electrons. The zero-order valence-electron chi connectivity index (χ0n) is 18.5. The zero-order chi connectivity index (χ0) is 24.8. The minimum Gasteiger partial charge on any atom is -0.451 e. The number of hydrogen-bond donors (Lipinski definition) is 2. The minimum absolute atomic E-state index is 0.00983. The molecule has 2 aromatic rings. The molecule has 0 saturated heterocycles. The third-order valence-corrected chi connectivity index (χ3v) is 4.84. The molecule has 9 nitrogen and oxygen atoms in total. The van der Waals surface area contributed by atoms with Crippen LogP contribution >= 0.6 is 0 Å². The lowest BCUT2D eigenvalue weighted by Crippen LogP contribution is -2.38. The summed E-state index contributed by atoms with van der Waals surface area (Å²) >= 11 is 0. The van der Waals surface area contributed by atoms with Gasteiger partial charge in [-0.05, 0) is 43.2 Å². The molecular formula is C23H22F2N4O5. The van der Waals surface area contributed by atoms with Crippen molar-refractivity contribution in [3.8, 4) is 0 Å². The Morgan fingerprint density at radius 2 is 1.79 bits per heavy atom. The maximum Gasteiger partial charge on any atom is 0.355 e. The van der Waals surface area contributed by atoms with Crippen molar-refractivity contribution in [2.24, 2.45) is 5.10 Å². The van der Waals surface area contributed by atoms with Crippen molar-refractivity contribution in [3.63, 3.8) is 0 Å². The molecule has 3 amide bonds. The molecule has 0 aromatic heterocycles. The van der Waals surface area contributed by atoms with Crippen LogP contribution in [0.4, 0.5) is 20.2 Å². The lowest BCUT2D eigenvalue weighted by atomic mass is 10.1. The van der Waals surface area contributed by atoms with Crippen LogP contribution < -0.4 is 15.6 Å². The van der Waals surface area contributed by atoms with E-state index in [1.165, 1.54) is 0 Å². The molecule has 0 spiro atoms. The average molecular weight is 472 g/mol. The Labute approximate surface area is 193 Å². The molecule has 0 fully saturated rings. The van der Waals surface area contributed by atoms with Crippen molar-refractivity contribution in [1.82, 2.24) is 5.32 Å². The summed E-state index contributed by atoms with van der Waals surface area (Å²) in [5.41, 5.74) is 2.29. The Hall–Kier alpha value is -4.15. The number of hydrazone groups is 1. The second kappa shape index (κ2) is 10.6. The summed E-state index contributed by atoms with van der Waals surface area (Å²) in [7, 11) is 0. The van der Waals surface area contributed by atoms with Crippen molar-refractivity contribution in [3.05, 3.63) is 59.2 Å². The van der Waals surface area contributed by atoms with Gasteiger partial charge in [0.05, 0.1) is 12.2 Å². The number of aryl methyl sites for hydroxylation is 2. The molecule has 0 unspecified atom stereocenters. The van der Waals surface area contributed by atoms with Crippen LogP contribution in [0.15, 0.2) is 41.5 Å². The summed E-state index contributed by atoms with van der Waals surface area (Å²) in [5, 5.41) is 9.81. The van der Waals surface area contributed by atoms with Gasteiger partial charge in [0.1, 0.15) is 5.71 Å². The van der Waals surface area contributed by atoms with E-state index in [1.54, 1.807) is 6.07 Å². The first-order valence-corrected chi connectivity index (χ1v) is 10.3. The van der Waals surface area contributed by atoms with E-state index in [1.807, 2.05) is 26.0 Å². The molecule has 0 saturated carbocycles. The number of hydrogen-bond acceptors (Lipinski definition) is 6. The third kappa shape index (κ3) is 6.21.